The molecule has 2 aromatic carbocycles. The average Bonchev–Trinajstić information content (AvgIpc) is 3.26. The Morgan fingerprint density at radius 2 is 1.58 bits per heavy atom. The Balaban J connectivity index is 1.58. The van der Waals surface area contributed by atoms with Crippen molar-refractivity contribution in [1.29, 1.82) is 0 Å². The van der Waals surface area contributed by atoms with E-state index in [0.29, 0.717) is 38.2 Å². The van der Waals surface area contributed by atoms with Crippen molar-refractivity contribution >= 4 is 11.8 Å². The van der Waals surface area contributed by atoms with E-state index in [1.54, 1.807) is 12.1 Å². The second-order valence-corrected chi connectivity index (χ2v) is 9.96. The number of amides is 2. The van der Waals surface area contributed by atoms with Crippen molar-refractivity contribution in [2.75, 3.05) is 39.3 Å². The van der Waals surface area contributed by atoms with Gasteiger partial charge in [-0.15, -0.1) is 0 Å². The molecule has 4 bridgehead atoms. The first-order valence-electron chi connectivity index (χ1n) is 13.2. The third-order valence-corrected chi connectivity index (χ3v) is 7.40. The summed E-state index contributed by atoms with van der Waals surface area (Å²) in [5, 5.41) is 20.0. The van der Waals surface area contributed by atoms with E-state index in [2.05, 4.69) is 22.0 Å². The predicted molar refractivity (Wildman–Crippen MR) is 137 cm³/mol. The summed E-state index contributed by atoms with van der Waals surface area (Å²) >= 11 is 0. The van der Waals surface area contributed by atoms with Gasteiger partial charge in [-0.2, -0.15) is 0 Å². The van der Waals surface area contributed by atoms with Gasteiger partial charge in [0.1, 0.15) is 23.5 Å². The molecule has 2 amide bonds. The van der Waals surface area contributed by atoms with E-state index in [1.165, 1.54) is 0 Å². The number of aromatic hydroxyl groups is 1. The molecule has 3 aliphatic rings. The maximum Gasteiger partial charge on any atom is 0.234 e. The van der Waals surface area contributed by atoms with Crippen molar-refractivity contribution in [3.05, 3.63) is 59.2 Å². The van der Waals surface area contributed by atoms with Gasteiger partial charge in [0, 0.05) is 37.7 Å². The number of carbonyl (C=O) groups is 2. The SMILES string of the molecule is O=C1CC2NCCCCNCCCN(CCCN1)C(=O)C1c3cc2ccc3OC1c1ccc(O)cc1. The van der Waals surface area contributed by atoms with Crippen molar-refractivity contribution in [2.45, 2.75) is 50.2 Å². The minimum atomic E-state index is -0.490. The maximum atomic E-state index is 14.2. The monoisotopic (exact) mass is 492 g/mol. The molecule has 192 valence electrons. The molecule has 36 heavy (non-hydrogen) atoms. The molecule has 4 N–H and O–H groups in total. The van der Waals surface area contributed by atoms with Gasteiger partial charge < -0.3 is 30.7 Å². The Hall–Kier alpha value is -3.10. The van der Waals surface area contributed by atoms with Crippen LogP contribution in [0.3, 0.4) is 0 Å². The first-order chi connectivity index (χ1) is 17.6. The van der Waals surface area contributed by atoms with E-state index in [1.807, 2.05) is 29.2 Å². The minimum Gasteiger partial charge on any atom is -0.508 e. The highest BCUT2D eigenvalue weighted by atomic mass is 16.5. The summed E-state index contributed by atoms with van der Waals surface area (Å²) < 4.78 is 6.40. The molecule has 3 heterocycles. The van der Waals surface area contributed by atoms with Crippen molar-refractivity contribution in [3.8, 4) is 11.5 Å². The molecule has 0 aliphatic carbocycles. The molecular weight excluding hydrogens is 456 g/mol. The lowest BCUT2D eigenvalue weighted by atomic mass is 9.87. The summed E-state index contributed by atoms with van der Waals surface area (Å²) in [5.74, 6) is 0.461. The third kappa shape index (κ3) is 5.50. The summed E-state index contributed by atoms with van der Waals surface area (Å²) in [5.41, 5.74) is 2.72. The average molecular weight is 493 g/mol. The molecule has 8 heteroatoms. The van der Waals surface area contributed by atoms with Crippen LogP contribution < -0.4 is 20.7 Å². The first-order valence-corrected chi connectivity index (χ1v) is 13.2. The molecule has 0 aromatic heterocycles. The van der Waals surface area contributed by atoms with Crippen LogP contribution in [0.4, 0.5) is 0 Å². The van der Waals surface area contributed by atoms with E-state index in [9.17, 15) is 14.7 Å². The number of phenolic OH excluding ortho intramolecular Hbond substituents is 1. The zero-order valence-corrected chi connectivity index (χ0v) is 20.7. The van der Waals surface area contributed by atoms with E-state index in [0.717, 1.165) is 55.6 Å². The van der Waals surface area contributed by atoms with Crippen LogP contribution in [0.1, 0.15) is 66.9 Å². The number of hydrogen-bond donors (Lipinski definition) is 4. The molecule has 0 radical (unpaired) electrons. The summed E-state index contributed by atoms with van der Waals surface area (Å²) in [6, 6.07) is 12.8. The lowest BCUT2D eigenvalue weighted by molar-refractivity contribution is -0.134. The van der Waals surface area contributed by atoms with Crippen molar-refractivity contribution < 1.29 is 19.4 Å². The molecule has 8 nitrogen and oxygen atoms in total. The lowest BCUT2D eigenvalue weighted by Gasteiger charge is -2.28. The number of rotatable bonds is 1. The zero-order valence-electron chi connectivity index (χ0n) is 20.7. The summed E-state index contributed by atoms with van der Waals surface area (Å²) in [6.45, 7) is 4.39. The van der Waals surface area contributed by atoms with Gasteiger partial charge in [-0.05, 0) is 80.7 Å². The standard InChI is InChI=1S/C28H36N4O4/c33-21-8-5-19(6-9-21)27-26-22-17-20(7-10-24(22)36-27)23-18-25(34)31-14-4-16-32(28(26)35)15-3-12-29-11-1-2-13-30-23/h5-10,17,23,26-27,29-30,33H,1-4,11-16,18H2,(H,31,34). The van der Waals surface area contributed by atoms with Gasteiger partial charge in [0.25, 0.3) is 0 Å². The quantitative estimate of drug-likeness (QED) is 0.488. The number of nitrogens with one attached hydrogen (secondary N) is 3. The van der Waals surface area contributed by atoms with Crippen molar-refractivity contribution in [3.63, 3.8) is 0 Å². The van der Waals surface area contributed by atoms with E-state index < -0.39 is 12.0 Å². The number of carbonyl (C=O) groups excluding carboxylic acids is 2. The molecule has 0 spiro atoms. The maximum absolute atomic E-state index is 14.2. The Bertz CT molecular complexity index is 1070. The largest absolute Gasteiger partial charge is 0.508 e. The van der Waals surface area contributed by atoms with Crippen LogP contribution in [0.5, 0.6) is 11.5 Å². The van der Waals surface area contributed by atoms with Crippen LogP contribution in [0.15, 0.2) is 42.5 Å². The number of ether oxygens (including phenoxy) is 1. The number of nitrogens with zero attached hydrogens (tertiary/aromatic N) is 1. The van der Waals surface area contributed by atoms with E-state index >= 15 is 0 Å². The number of benzene rings is 2. The topological polar surface area (TPSA) is 103 Å². The molecule has 3 aliphatic heterocycles. The Labute approximate surface area is 212 Å². The Kier molecular flexibility index (Phi) is 7.72. The highest BCUT2D eigenvalue weighted by molar-refractivity contribution is 5.87. The summed E-state index contributed by atoms with van der Waals surface area (Å²) in [6.07, 6.45) is 3.52. The Morgan fingerprint density at radius 1 is 0.861 bits per heavy atom. The summed E-state index contributed by atoms with van der Waals surface area (Å²) in [4.78, 5) is 28.9. The first kappa shape index (κ1) is 24.6. The molecule has 3 atom stereocenters. The van der Waals surface area contributed by atoms with E-state index in [4.69, 9.17) is 4.74 Å². The van der Waals surface area contributed by atoms with Crippen molar-refractivity contribution in [2.24, 2.45) is 0 Å². The van der Waals surface area contributed by atoms with Gasteiger partial charge >= 0.3 is 0 Å². The number of fused-ring (bicyclic) bond motifs is 1. The van der Waals surface area contributed by atoms with Crippen molar-refractivity contribution in [1.82, 2.24) is 20.9 Å². The second kappa shape index (κ2) is 11.3. The predicted octanol–water partition coefficient (Wildman–Crippen LogP) is 2.75. The normalized spacial score (nSPS) is 25.8. The van der Waals surface area contributed by atoms with Gasteiger partial charge in [-0.3, -0.25) is 9.59 Å². The van der Waals surface area contributed by atoms with Gasteiger partial charge in [-0.1, -0.05) is 18.2 Å². The highest BCUT2D eigenvalue weighted by Gasteiger charge is 2.43. The lowest BCUT2D eigenvalue weighted by Crippen LogP contribution is -2.40. The molecular formula is C28H36N4O4. The number of hydrogen-bond acceptors (Lipinski definition) is 6. The van der Waals surface area contributed by atoms with Crippen LogP contribution >= 0.6 is 0 Å². The second-order valence-electron chi connectivity index (χ2n) is 9.96. The Morgan fingerprint density at radius 3 is 2.42 bits per heavy atom. The van der Waals surface area contributed by atoms with Crippen LogP contribution in [-0.2, 0) is 9.59 Å². The smallest absolute Gasteiger partial charge is 0.234 e. The van der Waals surface area contributed by atoms with Gasteiger partial charge in [0.05, 0.1) is 0 Å². The van der Waals surface area contributed by atoms with Crippen LogP contribution in [0.2, 0.25) is 0 Å². The highest BCUT2D eigenvalue weighted by Crippen LogP contribution is 2.48. The fourth-order valence-electron chi connectivity index (χ4n) is 5.45. The van der Waals surface area contributed by atoms with Gasteiger partial charge in [-0.25, -0.2) is 0 Å². The molecule has 0 fully saturated rings. The number of phenols is 1. The summed E-state index contributed by atoms with van der Waals surface area (Å²) in [7, 11) is 0. The van der Waals surface area contributed by atoms with Crippen LogP contribution in [0, 0.1) is 0 Å². The molecule has 2 aromatic rings. The zero-order chi connectivity index (χ0) is 24.9. The molecule has 0 saturated heterocycles. The molecule has 0 saturated carbocycles. The fraction of sp³-hybridized carbons (Fsp3) is 0.500. The van der Waals surface area contributed by atoms with Crippen LogP contribution in [0.25, 0.3) is 0 Å². The minimum absolute atomic E-state index is 0.0193. The molecule has 3 unspecified atom stereocenters. The van der Waals surface area contributed by atoms with Gasteiger partial charge in [0.15, 0.2) is 0 Å². The third-order valence-electron chi connectivity index (χ3n) is 7.40. The molecule has 5 rings (SSSR count). The van der Waals surface area contributed by atoms with Crippen LogP contribution in [-0.4, -0.2) is 61.1 Å². The van der Waals surface area contributed by atoms with Gasteiger partial charge in [0.2, 0.25) is 11.8 Å². The van der Waals surface area contributed by atoms with E-state index in [-0.39, 0.29) is 23.6 Å². The fourth-order valence-corrected chi connectivity index (χ4v) is 5.45.